The number of halogens is 3. The van der Waals surface area contributed by atoms with Crippen LogP contribution in [0.3, 0.4) is 0 Å². The number of nitrogens with zero attached hydrogens (tertiary/aromatic N) is 2. The number of carbonyl (C=O) groups is 1. The van der Waals surface area contributed by atoms with Gasteiger partial charge in [-0.25, -0.2) is 4.79 Å². The van der Waals surface area contributed by atoms with Gasteiger partial charge in [0.25, 0.3) is 0 Å². The smallest absolute Gasteiger partial charge is 0.416 e. The maximum atomic E-state index is 13.5. The number of nitrogens with one attached hydrogen (secondary N) is 1. The van der Waals surface area contributed by atoms with Gasteiger partial charge in [-0.2, -0.15) is 13.2 Å². The van der Waals surface area contributed by atoms with Crippen molar-refractivity contribution in [2.75, 3.05) is 38.0 Å². The van der Waals surface area contributed by atoms with Gasteiger partial charge in [0.05, 0.1) is 5.56 Å². The van der Waals surface area contributed by atoms with Crippen LogP contribution in [0.2, 0.25) is 0 Å². The zero-order valence-electron chi connectivity index (χ0n) is 17.0. The molecule has 0 bridgehead atoms. The monoisotopic (exact) mass is 401 g/mol. The number of hydrogen-bond acceptors (Lipinski definition) is 4. The summed E-state index contributed by atoms with van der Waals surface area (Å²) in [7, 11) is 0. The maximum Gasteiger partial charge on any atom is 0.416 e. The topological polar surface area (TPSA) is 44.8 Å². The van der Waals surface area contributed by atoms with Crippen LogP contribution in [-0.4, -0.2) is 54.2 Å². The molecule has 8 heteroatoms. The lowest BCUT2D eigenvalue weighted by atomic mass is 10.0. The first-order valence-corrected chi connectivity index (χ1v) is 9.64. The van der Waals surface area contributed by atoms with Gasteiger partial charge in [-0.3, -0.25) is 4.90 Å². The zero-order valence-corrected chi connectivity index (χ0v) is 17.0. The van der Waals surface area contributed by atoms with Gasteiger partial charge in [0, 0.05) is 45.0 Å². The second kappa shape index (κ2) is 9.03. The molecule has 1 saturated heterocycles. The summed E-state index contributed by atoms with van der Waals surface area (Å²) in [6.45, 7) is 10.1. The summed E-state index contributed by atoms with van der Waals surface area (Å²) in [5.41, 5.74) is -0.445. The summed E-state index contributed by atoms with van der Waals surface area (Å²) in [6, 6.07) is 4.42. The average Bonchev–Trinajstić information content (AvgIpc) is 2.59. The summed E-state index contributed by atoms with van der Waals surface area (Å²) in [5.74, 6) is 0. The number of piperazine rings is 1. The van der Waals surface area contributed by atoms with Crippen LogP contribution in [0.15, 0.2) is 18.2 Å². The van der Waals surface area contributed by atoms with Gasteiger partial charge in [0.2, 0.25) is 0 Å². The standard InChI is InChI=1S/C20H30F3N3O2/c1-5-8-24-16-7-6-15(17(13-16)20(21,22)23)14-25-9-11-26(12-10-25)18(27)28-19(2,3)4/h6-7,13,24H,5,8-12,14H2,1-4H3. The summed E-state index contributed by atoms with van der Waals surface area (Å²) < 4.78 is 45.9. The molecule has 0 saturated carbocycles. The minimum Gasteiger partial charge on any atom is -0.444 e. The molecular weight excluding hydrogens is 371 g/mol. The minimum absolute atomic E-state index is 0.199. The summed E-state index contributed by atoms with van der Waals surface area (Å²) in [5, 5.41) is 3.00. The summed E-state index contributed by atoms with van der Waals surface area (Å²) in [4.78, 5) is 15.7. The summed E-state index contributed by atoms with van der Waals surface area (Å²) >= 11 is 0. The largest absolute Gasteiger partial charge is 0.444 e. The van der Waals surface area contributed by atoms with E-state index in [1.165, 1.54) is 6.07 Å². The molecule has 1 amide bonds. The van der Waals surface area contributed by atoms with Gasteiger partial charge in [-0.05, 0) is 44.9 Å². The molecule has 1 aliphatic heterocycles. The molecule has 158 valence electrons. The molecule has 0 radical (unpaired) electrons. The Balaban J connectivity index is 2.01. The highest BCUT2D eigenvalue weighted by molar-refractivity contribution is 5.68. The normalized spacial score (nSPS) is 16.2. The minimum atomic E-state index is -4.41. The quantitative estimate of drug-likeness (QED) is 0.784. The van der Waals surface area contributed by atoms with Crippen molar-refractivity contribution in [3.8, 4) is 0 Å². The molecule has 0 aliphatic carbocycles. The third-order valence-electron chi connectivity index (χ3n) is 4.41. The van der Waals surface area contributed by atoms with Gasteiger partial charge in [-0.15, -0.1) is 0 Å². The first-order chi connectivity index (χ1) is 13.0. The third-order valence-corrected chi connectivity index (χ3v) is 4.41. The number of alkyl halides is 3. The predicted molar refractivity (Wildman–Crippen MR) is 103 cm³/mol. The van der Waals surface area contributed by atoms with Crippen molar-refractivity contribution in [2.45, 2.75) is 52.4 Å². The SMILES string of the molecule is CCCNc1ccc(CN2CCN(C(=O)OC(C)(C)C)CC2)c(C(F)(F)F)c1. The van der Waals surface area contributed by atoms with Crippen LogP contribution < -0.4 is 5.32 Å². The molecule has 0 aromatic heterocycles. The first-order valence-electron chi connectivity index (χ1n) is 9.64. The second-order valence-electron chi connectivity index (χ2n) is 8.04. The van der Waals surface area contributed by atoms with E-state index >= 15 is 0 Å². The average molecular weight is 401 g/mol. The lowest BCUT2D eigenvalue weighted by Gasteiger charge is -2.36. The van der Waals surface area contributed by atoms with Crippen LogP contribution in [0.5, 0.6) is 0 Å². The van der Waals surface area contributed by atoms with Gasteiger partial charge < -0.3 is 15.0 Å². The third kappa shape index (κ3) is 6.58. The molecule has 1 aromatic rings. The second-order valence-corrected chi connectivity index (χ2v) is 8.04. The molecule has 1 heterocycles. The number of benzene rings is 1. The van der Waals surface area contributed by atoms with E-state index in [-0.39, 0.29) is 18.2 Å². The lowest BCUT2D eigenvalue weighted by Crippen LogP contribution is -2.49. The molecule has 0 atom stereocenters. The molecule has 1 aliphatic rings. The van der Waals surface area contributed by atoms with Crippen molar-refractivity contribution in [1.82, 2.24) is 9.80 Å². The number of carbonyl (C=O) groups excluding carboxylic acids is 1. The Morgan fingerprint density at radius 1 is 1.14 bits per heavy atom. The highest BCUT2D eigenvalue weighted by atomic mass is 19.4. The molecule has 1 fully saturated rings. The number of rotatable bonds is 5. The Labute approximate surface area is 164 Å². The van der Waals surface area contributed by atoms with Gasteiger partial charge in [-0.1, -0.05) is 13.0 Å². The van der Waals surface area contributed by atoms with E-state index in [0.29, 0.717) is 38.4 Å². The van der Waals surface area contributed by atoms with Crippen molar-refractivity contribution >= 4 is 11.8 Å². The fourth-order valence-corrected chi connectivity index (χ4v) is 3.01. The van der Waals surface area contributed by atoms with E-state index in [9.17, 15) is 18.0 Å². The van der Waals surface area contributed by atoms with Crippen LogP contribution in [0.4, 0.5) is 23.7 Å². The van der Waals surface area contributed by atoms with Crippen LogP contribution in [-0.2, 0) is 17.5 Å². The fraction of sp³-hybridized carbons (Fsp3) is 0.650. The molecular formula is C20H30F3N3O2. The molecule has 2 rings (SSSR count). The number of amides is 1. The summed E-state index contributed by atoms with van der Waals surface area (Å²) in [6.07, 6.45) is -3.95. The van der Waals surface area contributed by atoms with Crippen LogP contribution in [0.25, 0.3) is 0 Å². The van der Waals surface area contributed by atoms with Crippen molar-refractivity contribution in [1.29, 1.82) is 0 Å². The Morgan fingerprint density at radius 2 is 1.79 bits per heavy atom. The van der Waals surface area contributed by atoms with Gasteiger partial charge >= 0.3 is 12.3 Å². The van der Waals surface area contributed by atoms with Crippen LogP contribution in [0.1, 0.15) is 45.2 Å². The Morgan fingerprint density at radius 3 is 2.32 bits per heavy atom. The van der Waals surface area contributed by atoms with Crippen molar-refractivity contribution in [3.05, 3.63) is 29.3 Å². The van der Waals surface area contributed by atoms with E-state index in [2.05, 4.69) is 5.32 Å². The van der Waals surface area contributed by atoms with E-state index in [1.807, 2.05) is 11.8 Å². The maximum absolute atomic E-state index is 13.5. The van der Waals surface area contributed by atoms with E-state index in [0.717, 1.165) is 6.42 Å². The molecule has 1 N–H and O–H groups in total. The van der Waals surface area contributed by atoms with E-state index in [4.69, 9.17) is 4.74 Å². The van der Waals surface area contributed by atoms with E-state index < -0.39 is 17.3 Å². The molecule has 0 spiro atoms. The lowest BCUT2D eigenvalue weighted by molar-refractivity contribution is -0.138. The number of hydrogen-bond donors (Lipinski definition) is 1. The Kier molecular flexibility index (Phi) is 7.20. The number of anilines is 1. The van der Waals surface area contributed by atoms with Gasteiger partial charge in [0.15, 0.2) is 0 Å². The molecule has 5 nitrogen and oxygen atoms in total. The highest BCUT2D eigenvalue weighted by Crippen LogP contribution is 2.34. The molecule has 28 heavy (non-hydrogen) atoms. The number of ether oxygens (including phenoxy) is 1. The zero-order chi connectivity index (χ0) is 20.9. The highest BCUT2D eigenvalue weighted by Gasteiger charge is 2.34. The van der Waals surface area contributed by atoms with Crippen molar-refractivity contribution < 1.29 is 22.7 Å². The fourth-order valence-electron chi connectivity index (χ4n) is 3.01. The van der Waals surface area contributed by atoms with Gasteiger partial charge in [0.1, 0.15) is 5.60 Å². The van der Waals surface area contributed by atoms with Crippen LogP contribution in [0, 0.1) is 0 Å². The van der Waals surface area contributed by atoms with Crippen LogP contribution >= 0.6 is 0 Å². The predicted octanol–water partition coefficient (Wildman–Crippen LogP) is 4.58. The van der Waals surface area contributed by atoms with E-state index in [1.54, 1.807) is 37.8 Å². The van der Waals surface area contributed by atoms with Crippen molar-refractivity contribution in [2.24, 2.45) is 0 Å². The Bertz CT molecular complexity index is 664. The molecule has 1 aromatic carbocycles. The van der Waals surface area contributed by atoms with Crippen molar-refractivity contribution in [3.63, 3.8) is 0 Å². The first kappa shape index (κ1) is 22.3. The Hall–Kier alpha value is -1.96. The molecule has 0 unspecified atom stereocenters.